The average Bonchev–Trinajstić information content (AvgIpc) is 2.83. The fourth-order valence-corrected chi connectivity index (χ4v) is 3.38. The van der Waals surface area contributed by atoms with E-state index in [4.69, 9.17) is 14.2 Å². The summed E-state index contributed by atoms with van der Waals surface area (Å²) in [7, 11) is 0. The third kappa shape index (κ3) is 5.03. The predicted octanol–water partition coefficient (Wildman–Crippen LogP) is 4.89. The van der Waals surface area contributed by atoms with Gasteiger partial charge in [-0.25, -0.2) is 4.98 Å². The fourth-order valence-electron chi connectivity index (χ4n) is 3.38. The molecule has 0 fully saturated rings. The van der Waals surface area contributed by atoms with Crippen molar-refractivity contribution < 1.29 is 19.0 Å². The van der Waals surface area contributed by atoms with Crippen molar-refractivity contribution in [3.63, 3.8) is 0 Å². The Labute approximate surface area is 191 Å². The van der Waals surface area contributed by atoms with Crippen LogP contribution in [0, 0.1) is 6.92 Å². The van der Waals surface area contributed by atoms with Gasteiger partial charge in [-0.1, -0.05) is 43.3 Å². The molecule has 0 amide bonds. The molecule has 168 valence electrons. The van der Waals surface area contributed by atoms with Gasteiger partial charge in [0.15, 0.2) is 11.5 Å². The molecule has 4 aromatic rings. The molecule has 0 saturated heterocycles. The normalized spacial score (nSPS) is 10.7. The SMILES string of the molecule is CCC(=O)Oc1c(OCCn2c(C)nc3ccccc3c2=O)cccc1Oc1ccccc1. The number of aromatic nitrogens is 2. The Hall–Kier alpha value is -4.13. The lowest BCUT2D eigenvalue weighted by Gasteiger charge is -2.16. The first-order valence-corrected chi connectivity index (χ1v) is 10.7. The molecule has 7 nitrogen and oxygen atoms in total. The van der Waals surface area contributed by atoms with E-state index in [1.807, 2.05) is 36.4 Å². The van der Waals surface area contributed by atoms with Gasteiger partial charge in [-0.05, 0) is 43.3 Å². The minimum atomic E-state index is -0.408. The first-order valence-electron chi connectivity index (χ1n) is 10.7. The molecular weight excluding hydrogens is 420 g/mol. The average molecular weight is 444 g/mol. The highest BCUT2D eigenvalue weighted by molar-refractivity contribution is 5.77. The van der Waals surface area contributed by atoms with E-state index in [1.165, 1.54) is 0 Å². The number of aryl methyl sites for hydroxylation is 1. The number of para-hydroxylation sites is 3. The molecule has 0 aliphatic carbocycles. The number of hydrogen-bond donors (Lipinski definition) is 0. The van der Waals surface area contributed by atoms with Crippen molar-refractivity contribution in [2.45, 2.75) is 26.8 Å². The van der Waals surface area contributed by atoms with Crippen LogP contribution in [-0.2, 0) is 11.3 Å². The summed E-state index contributed by atoms with van der Waals surface area (Å²) in [4.78, 5) is 29.4. The van der Waals surface area contributed by atoms with Gasteiger partial charge in [-0.3, -0.25) is 14.2 Å². The van der Waals surface area contributed by atoms with E-state index in [9.17, 15) is 9.59 Å². The molecule has 0 aliphatic rings. The lowest BCUT2D eigenvalue weighted by molar-refractivity contribution is -0.134. The van der Waals surface area contributed by atoms with Crippen LogP contribution in [0.15, 0.2) is 77.6 Å². The minimum Gasteiger partial charge on any atom is -0.488 e. The Morgan fingerprint density at radius 2 is 1.67 bits per heavy atom. The summed E-state index contributed by atoms with van der Waals surface area (Å²) < 4.78 is 19.0. The maximum Gasteiger partial charge on any atom is 0.311 e. The zero-order valence-electron chi connectivity index (χ0n) is 18.5. The molecule has 0 atom stereocenters. The summed E-state index contributed by atoms with van der Waals surface area (Å²) in [5, 5.41) is 0.555. The second-order valence-electron chi connectivity index (χ2n) is 7.31. The monoisotopic (exact) mass is 444 g/mol. The maximum atomic E-state index is 12.9. The summed E-state index contributed by atoms with van der Waals surface area (Å²) in [6, 6.07) is 21.6. The summed E-state index contributed by atoms with van der Waals surface area (Å²) in [5.41, 5.74) is 0.539. The van der Waals surface area contributed by atoms with Crippen LogP contribution in [0.25, 0.3) is 10.9 Å². The number of benzene rings is 3. The van der Waals surface area contributed by atoms with Gasteiger partial charge in [0.05, 0.1) is 17.4 Å². The van der Waals surface area contributed by atoms with E-state index in [1.54, 1.807) is 54.8 Å². The highest BCUT2D eigenvalue weighted by Gasteiger charge is 2.17. The van der Waals surface area contributed by atoms with E-state index in [0.717, 1.165) is 0 Å². The first-order chi connectivity index (χ1) is 16.1. The summed E-state index contributed by atoms with van der Waals surface area (Å²) >= 11 is 0. The smallest absolute Gasteiger partial charge is 0.311 e. The van der Waals surface area contributed by atoms with Gasteiger partial charge in [0.1, 0.15) is 18.2 Å². The van der Waals surface area contributed by atoms with Crippen molar-refractivity contribution in [2.75, 3.05) is 6.61 Å². The molecule has 0 spiro atoms. The molecule has 0 N–H and O–H groups in total. The Morgan fingerprint density at radius 3 is 2.45 bits per heavy atom. The van der Waals surface area contributed by atoms with Gasteiger partial charge < -0.3 is 14.2 Å². The van der Waals surface area contributed by atoms with Crippen LogP contribution in [0.1, 0.15) is 19.2 Å². The maximum absolute atomic E-state index is 12.9. The fraction of sp³-hybridized carbons (Fsp3) is 0.192. The van der Waals surface area contributed by atoms with Gasteiger partial charge in [0, 0.05) is 6.42 Å². The number of esters is 1. The van der Waals surface area contributed by atoms with Crippen LogP contribution in [0.4, 0.5) is 0 Å². The van der Waals surface area contributed by atoms with Gasteiger partial charge in [-0.2, -0.15) is 0 Å². The molecule has 3 aromatic carbocycles. The second-order valence-corrected chi connectivity index (χ2v) is 7.31. The number of ether oxygens (including phenoxy) is 3. The quantitative estimate of drug-likeness (QED) is 0.284. The first kappa shape index (κ1) is 22.1. The lowest BCUT2D eigenvalue weighted by Crippen LogP contribution is -2.26. The zero-order valence-corrected chi connectivity index (χ0v) is 18.5. The van der Waals surface area contributed by atoms with Crippen LogP contribution < -0.4 is 19.8 Å². The topological polar surface area (TPSA) is 79.7 Å². The summed E-state index contributed by atoms with van der Waals surface area (Å²) in [6.07, 6.45) is 0.205. The Morgan fingerprint density at radius 1 is 0.939 bits per heavy atom. The van der Waals surface area contributed by atoms with E-state index in [-0.39, 0.29) is 30.9 Å². The summed E-state index contributed by atoms with van der Waals surface area (Å²) in [6.45, 7) is 3.96. The Bertz CT molecular complexity index is 1330. The molecule has 0 bridgehead atoms. The lowest BCUT2D eigenvalue weighted by atomic mass is 10.2. The molecule has 7 heteroatoms. The van der Waals surface area contributed by atoms with Gasteiger partial charge in [0.25, 0.3) is 5.56 Å². The molecule has 0 unspecified atom stereocenters. The Kier molecular flexibility index (Phi) is 6.69. The molecule has 1 aromatic heterocycles. The standard InChI is InChI=1S/C26H24N2O5/c1-3-24(29)33-25-22(14-9-15-23(25)32-19-10-5-4-6-11-19)31-17-16-28-18(2)27-21-13-8-7-12-20(21)26(28)30/h4-15H,3,16-17H2,1-2H3. The highest BCUT2D eigenvalue weighted by atomic mass is 16.6. The van der Waals surface area contributed by atoms with Crippen molar-refractivity contribution in [3.8, 4) is 23.0 Å². The molecule has 1 heterocycles. The number of carbonyl (C=O) groups excluding carboxylic acids is 1. The molecular formula is C26H24N2O5. The molecule has 33 heavy (non-hydrogen) atoms. The van der Waals surface area contributed by atoms with E-state index >= 15 is 0 Å². The third-order valence-corrected chi connectivity index (χ3v) is 5.04. The zero-order chi connectivity index (χ0) is 23.2. The van der Waals surface area contributed by atoms with Crippen molar-refractivity contribution in [1.29, 1.82) is 0 Å². The van der Waals surface area contributed by atoms with Gasteiger partial charge >= 0.3 is 5.97 Å². The van der Waals surface area contributed by atoms with Crippen molar-refractivity contribution in [1.82, 2.24) is 9.55 Å². The summed E-state index contributed by atoms with van der Waals surface area (Å²) in [5.74, 6) is 1.71. The van der Waals surface area contributed by atoms with Crippen LogP contribution in [0.3, 0.4) is 0 Å². The number of nitrogens with zero attached hydrogens (tertiary/aromatic N) is 2. The molecule has 0 aliphatic heterocycles. The minimum absolute atomic E-state index is 0.125. The highest BCUT2D eigenvalue weighted by Crippen LogP contribution is 2.39. The second kappa shape index (κ2) is 9.99. The Balaban J connectivity index is 1.58. The van der Waals surface area contributed by atoms with Crippen molar-refractivity contribution in [2.24, 2.45) is 0 Å². The number of carbonyl (C=O) groups is 1. The van der Waals surface area contributed by atoms with Crippen molar-refractivity contribution in [3.05, 3.63) is 89.0 Å². The van der Waals surface area contributed by atoms with Crippen LogP contribution >= 0.6 is 0 Å². The van der Waals surface area contributed by atoms with E-state index < -0.39 is 5.97 Å². The molecule has 0 saturated carbocycles. The predicted molar refractivity (Wildman–Crippen MR) is 125 cm³/mol. The third-order valence-electron chi connectivity index (χ3n) is 5.04. The number of hydrogen-bond acceptors (Lipinski definition) is 6. The van der Waals surface area contributed by atoms with Crippen molar-refractivity contribution >= 4 is 16.9 Å². The largest absolute Gasteiger partial charge is 0.488 e. The van der Waals surface area contributed by atoms with Gasteiger partial charge in [-0.15, -0.1) is 0 Å². The van der Waals surface area contributed by atoms with E-state index in [2.05, 4.69) is 4.98 Å². The van der Waals surface area contributed by atoms with Gasteiger partial charge in [0.2, 0.25) is 5.75 Å². The van der Waals surface area contributed by atoms with Crippen LogP contribution in [-0.4, -0.2) is 22.1 Å². The molecule has 4 rings (SSSR count). The van der Waals surface area contributed by atoms with E-state index in [0.29, 0.717) is 34.0 Å². The van der Waals surface area contributed by atoms with Crippen LogP contribution in [0.5, 0.6) is 23.0 Å². The number of rotatable bonds is 8. The molecule has 0 radical (unpaired) electrons. The number of fused-ring (bicyclic) bond motifs is 1. The van der Waals surface area contributed by atoms with Crippen LogP contribution in [0.2, 0.25) is 0 Å².